The summed E-state index contributed by atoms with van der Waals surface area (Å²) in [5, 5.41) is 8.77. The number of hydrogen-bond acceptors (Lipinski definition) is 2. The first-order chi connectivity index (χ1) is 8.86. The van der Waals surface area contributed by atoms with Gasteiger partial charge in [0.05, 0.1) is 12.0 Å². The highest BCUT2D eigenvalue weighted by molar-refractivity contribution is 5.95. The predicted octanol–water partition coefficient (Wildman–Crippen LogP) is 2.46. The van der Waals surface area contributed by atoms with Gasteiger partial charge in [0, 0.05) is 12.6 Å². The summed E-state index contributed by atoms with van der Waals surface area (Å²) in [4.78, 5) is 24.3. The van der Waals surface area contributed by atoms with Crippen LogP contribution < -0.4 is 0 Å². The molecular formula is C14H18FNO3. The summed E-state index contributed by atoms with van der Waals surface area (Å²) in [5.74, 6) is -2.04. The van der Waals surface area contributed by atoms with Gasteiger partial charge in [0.2, 0.25) is 0 Å². The highest BCUT2D eigenvalue weighted by Crippen LogP contribution is 2.15. The van der Waals surface area contributed by atoms with Crippen molar-refractivity contribution in [2.45, 2.75) is 33.2 Å². The molecule has 0 saturated heterocycles. The Labute approximate surface area is 111 Å². The first-order valence-electron chi connectivity index (χ1n) is 6.15. The number of hydrogen-bond donors (Lipinski definition) is 1. The quantitative estimate of drug-likeness (QED) is 0.891. The standard InChI is InChI=1S/C14H18FNO3/c1-4-16(10(3)8-13(17)18)14(19)11-7-9(2)5-6-12(11)15/h5-7,10H,4,8H2,1-3H3,(H,17,18). The summed E-state index contributed by atoms with van der Waals surface area (Å²) in [6, 6.07) is 3.84. The molecule has 0 heterocycles. The Morgan fingerprint density at radius 3 is 2.58 bits per heavy atom. The number of benzene rings is 1. The SMILES string of the molecule is CCN(C(=O)c1cc(C)ccc1F)C(C)CC(=O)O. The van der Waals surface area contributed by atoms with Crippen LogP contribution in [0.4, 0.5) is 4.39 Å². The molecule has 0 aromatic heterocycles. The Balaban J connectivity index is 3.01. The van der Waals surface area contributed by atoms with E-state index < -0.39 is 23.7 Å². The van der Waals surface area contributed by atoms with E-state index in [4.69, 9.17) is 5.11 Å². The first kappa shape index (κ1) is 15.1. The average molecular weight is 267 g/mol. The fourth-order valence-electron chi connectivity index (χ4n) is 1.98. The molecule has 4 nitrogen and oxygen atoms in total. The van der Waals surface area contributed by atoms with Crippen molar-refractivity contribution in [2.24, 2.45) is 0 Å². The van der Waals surface area contributed by atoms with Crippen molar-refractivity contribution >= 4 is 11.9 Å². The number of halogens is 1. The molecule has 104 valence electrons. The molecule has 0 saturated carbocycles. The van der Waals surface area contributed by atoms with Gasteiger partial charge in [-0.25, -0.2) is 4.39 Å². The first-order valence-corrected chi connectivity index (χ1v) is 6.15. The molecule has 0 aliphatic rings. The summed E-state index contributed by atoms with van der Waals surface area (Å²) in [6.07, 6.45) is -0.160. The molecule has 0 aliphatic heterocycles. The van der Waals surface area contributed by atoms with Crippen molar-refractivity contribution in [3.05, 3.63) is 35.1 Å². The van der Waals surface area contributed by atoms with Gasteiger partial charge in [-0.15, -0.1) is 0 Å². The van der Waals surface area contributed by atoms with E-state index in [0.29, 0.717) is 6.54 Å². The van der Waals surface area contributed by atoms with Crippen LogP contribution in [0, 0.1) is 12.7 Å². The molecule has 5 heteroatoms. The topological polar surface area (TPSA) is 57.6 Å². The number of carboxylic acids is 1. The lowest BCUT2D eigenvalue weighted by Gasteiger charge is -2.27. The molecule has 1 unspecified atom stereocenters. The Kier molecular flexibility index (Phi) is 5.03. The van der Waals surface area contributed by atoms with Crippen LogP contribution in [0.2, 0.25) is 0 Å². The van der Waals surface area contributed by atoms with Crippen LogP contribution in [0.15, 0.2) is 18.2 Å². The largest absolute Gasteiger partial charge is 0.481 e. The molecule has 1 N–H and O–H groups in total. The zero-order chi connectivity index (χ0) is 14.6. The third-order valence-corrected chi connectivity index (χ3v) is 2.96. The fourth-order valence-corrected chi connectivity index (χ4v) is 1.98. The number of amides is 1. The second-order valence-electron chi connectivity index (χ2n) is 4.52. The second-order valence-corrected chi connectivity index (χ2v) is 4.52. The van der Waals surface area contributed by atoms with Crippen LogP contribution in [0.1, 0.15) is 36.2 Å². The highest BCUT2D eigenvalue weighted by Gasteiger charge is 2.24. The molecular weight excluding hydrogens is 249 g/mol. The van der Waals surface area contributed by atoms with Gasteiger partial charge in [-0.1, -0.05) is 11.6 Å². The number of carbonyl (C=O) groups excluding carboxylic acids is 1. The summed E-state index contributed by atoms with van der Waals surface area (Å²) >= 11 is 0. The van der Waals surface area contributed by atoms with E-state index in [0.717, 1.165) is 5.56 Å². The lowest BCUT2D eigenvalue weighted by molar-refractivity contribution is -0.138. The molecule has 1 aromatic carbocycles. The van der Waals surface area contributed by atoms with Gasteiger partial charge in [-0.2, -0.15) is 0 Å². The van der Waals surface area contributed by atoms with Crippen molar-refractivity contribution in [3.63, 3.8) is 0 Å². The Morgan fingerprint density at radius 1 is 1.42 bits per heavy atom. The van der Waals surface area contributed by atoms with E-state index in [1.165, 1.54) is 17.0 Å². The van der Waals surface area contributed by atoms with Gasteiger partial charge in [0.25, 0.3) is 5.91 Å². The predicted molar refractivity (Wildman–Crippen MR) is 69.6 cm³/mol. The molecule has 1 rings (SSSR count). The van der Waals surface area contributed by atoms with Crippen molar-refractivity contribution in [1.82, 2.24) is 4.90 Å². The third-order valence-electron chi connectivity index (χ3n) is 2.96. The molecule has 19 heavy (non-hydrogen) atoms. The van der Waals surface area contributed by atoms with E-state index in [1.807, 2.05) is 0 Å². The zero-order valence-corrected chi connectivity index (χ0v) is 11.3. The van der Waals surface area contributed by atoms with Crippen molar-refractivity contribution in [2.75, 3.05) is 6.54 Å². The number of nitrogens with zero attached hydrogens (tertiary/aromatic N) is 1. The van der Waals surface area contributed by atoms with E-state index >= 15 is 0 Å². The Hall–Kier alpha value is -1.91. The molecule has 1 aromatic rings. The van der Waals surface area contributed by atoms with E-state index in [2.05, 4.69) is 0 Å². The normalized spacial score (nSPS) is 12.0. The van der Waals surface area contributed by atoms with E-state index in [9.17, 15) is 14.0 Å². The summed E-state index contributed by atoms with van der Waals surface area (Å²) in [5.41, 5.74) is 0.769. The molecule has 0 radical (unpaired) electrons. The Bertz CT molecular complexity index is 488. The van der Waals surface area contributed by atoms with E-state index in [-0.39, 0.29) is 12.0 Å². The van der Waals surface area contributed by atoms with Crippen LogP contribution in [0.3, 0.4) is 0 Å². The van der Waals surface area contributed by atoms with Crippen LogP contribution in [0.5, 0.6) is 0 Å². The van der Waals surface area contributed by atoms with Gasteiger partial charge >= 0.3 is 5.97 Å². The monoisotopic (exact) mass is 267 g/mol. The molecule has 0 aliphatic carbocycles. The number of carbonyl (C=O) groups is 2. The average Bonchev–Trinajstić information content (AvgIpc) is 2.32. The second kappa shape index (κ2) is 6.31. The maximum atomic E-state index is 13.7. The number of aliphatic carboxylic acids is 1. The Morgan fingerprint density at radius 2 is 2.05 bits per heavy atom. The summed E-state index contributed by atoms with van der Waals surface area (Å²) < 4.78 is 13.7. The van der Waals surface area contributed by atoms with Gasteiger partial charge < -0.3 is 10.0 Å². The van der Waals surface area contributed by atoms with Crippen LogP contribution in [0.25, 0.3) is 0 Å². The third kappa shape index (κ3) is 3.77. The minimum atomic E-state index is -0.983. The fraction of sp³-hybridized carbons (Fsp3) is 0.429. The maximum absolute atomic E-state index is 13.7. The highest BCUT2D eigenvalue weighted by atomic mass is 19.1. The van der Waals surface area contributed by atoms with Crippen molar-refractivity contribution in [1.29, 1.82) is 0 Å². The van der Waals surface area contributed by atoms with Crippen LogP contribution in [-0.2, 0) is 4.79 Å². The van der Waals surface area contributed by atoms with Gasteiger partial charge in [0.15, 0.2) is 0 Å². The summed E-state index contributed by atoms with van der Waals surface area (Å²) in [7, 11) is 0. The lowest BCUT2D eigenvalue weighted by Crippen LogP contribution is -2.40. The molecule has 0 fully saturated rings. The van der Waals surface area contributed by atoms with E-state index in [1.54, 1.807) is 26.8 Å². The number of rotatable bonds is 5. The smallest absolute Gasteiger partial charge is 0.305 e. The molecule has 0 spiro atoms. The summed E-state index contributed by atoms with van der Waals surface area (Å²) in [6.45, 7) is 5.49. The minimum Gasteiger partial charge on any atom is -0.481 e. The van der Waals surface area contributed by atoms with Crippen molar-refractivity contribution in [3.8, 4) is 0 Å². The van der Waals surface area contributed by atoms with Crippen molar-refractivity contribution < 1.29 is 19.1 Å². The lowest BCUT2D eigenvalue weighted by atomic mass is 10.1. The molecule has 1 atom stereocenters. The number of aryl methyl sites for hydroxylation is 1. The number of carboxylic acid groups (broad SMARTS) is 1. The van der Waals surface area contributed by atoms with Crippen LogP contribution >= 0.6 is 0 Å². The van der Waals surface area contributed by atoms with Gasteiger partial charge in [-0.3, -0.25) is 9.59 Å². The van der Waals surface area contributed by atoms with Gasteiger partial charge in [0.1, 0.15) is 5.82 Å². The van der Waals surface area contributed by atoms with Gasteiger partial charge in [-0.05, 0) is 32.9 Å². The zero-order valence-electron chi connectivity index (χ0n) is 11.3. The molecule has 1 amide bonds. The molecule has 0 bridgehead atoms. The van der Waals surface area contributed by atoms with Crippen LogP contribution in [-0.4, -0.2) is 34.5 Å². The maximum Gasteiger partial charge on any atom is 0.305 e. The minimum absolute atomic E-state index is 0.0147.